The number of rotatable bonds is 0. The summed E-state index contributed by atoms with van der Waals surface area (Å²) in [6.07, 6.45) is 12.7. The van der Waals surface area contributed by atoms with Gasteiger partial charge in [0.05, 0.1) is 0 Å². The maximum absolute atomic E-state index is 12.3. The minimum absolute atomic E-state index is 0.0296. The molecule has 6 aliphatic rings. The molecule has 0 aromatic carbocycles. The summed E-state index contributed by atoms with van der Waals surface area (Å²) in [4.78, 5) is 24.4. The van der Waals surface area contributed by atoms with Crippen LogP contribution in [0.2, 0.25) is 0 Å². The lowest BCUT2D eigenvalue weighted by Crippen LogP contribution is -2.59. The summed E-state index contributed by atoms with van der Waals surface area (Å²) >= 11 is 0. The molecule has 3 heteroatoms. The van der Waals surface area contributed by atoms with Crippen molar-refractivity contribution in [2.45, 2.75) is 90.6 Å². The monoisotopic (exact) mass is 382 g/mol. The summed E-state index contributed by atoms with van der Waals surface area (Å²) in [5.74, 6) is 3.10. The Morgan fingerprint density at radius 3 is 2.46 bits per heavy atom. The van der Waals surface area contributed by atoms with Crippen molar-refractivity contribution in [1.82, 2.24) is 0 Å². The van der Waals surface area contributed by atoms with Crippen molar-refractivity contribution in [3.63, 3.8) is 0 Å². The van der Waals surface area contributed by atoms with E-state index < -0.39 is 0 Å². The van der Waals surface area contributed by atoms with E-state index in [9.17, 15) is 9.59 Å². The quantitative estimate of drug-likeness (QED) is 0.539. The van der Waals surface area contributed by atoms with Crippen molar-refractivity contribution in [2.75, 3.05) is 0 Å². The number of ether oxygens (including phenoxy) is 1. The second kappa shape index (κ2) is 5.13. The lowest BCUT2D eigenvalue weighted by atomic mass is 9.41. The van der Waals surface area contributed by atoms with Crippen molar-refractivity contribution in [1.29, 1.82) is 0 Å². The number of ketones is 1. The number of carbonyl (C=O) groups excluding carboxylic acids is 2. The number of hydrogen-bond acceptors (Lipinski definition) is 3. The van der Waals surface area contributed by atoms with Crippen LogP contribution in [-0.4, -0.2) is 17.4 Å². The maximum Gasteiger partial charge on any atom is 0.306 e. The molecule has 0 bridgehead atoms. The highest BCUT2D eigenvalue weighted by atomic mass is 16.6. The average molecular weight is 383 g/mol. The van der Waals surface area contributed by atoms with Crippen molar-refractivity contribution in [2.24, 2.45) is 39.9 Å². The molecule has 0 N–H and O–H groups in total. The van der Waals surface area contributed by atoms with Gasteiger partial charge in [0, 0.05) is 18.3 Å². The molecule has 1 saturated heterocycles. The summed E-state index contributed by atoms with van der Waals surface area (Å²) in [6, 6.07) is 0. The van der Waals surface area contributed by atoms with Gasteiger partial charge in [-0.3, -0.25) is 9.59 Å². The van der Waals surface area contributed by atoms with E-state index in [-0.39, 0.29) is 22.4 Å². The lowest BCUT2D eigenvalue weighted by Gasteiger charge is -2.63. The van der Waals surface area contributed by atoms with Gasteiger partial charge in [-0.05, 0) is 91.9 Å². The van der Waals surface area contributed by atoms with E-state index in [0.717, 1.165) is 31.6 Å². The van der Waals surface area contributed by atoms with Crippen LogP contribution in [0.15, 0.2) is 11.6 Å². The van der Waals surface area contributed by atoms with E-state index in [1.807, 2.05) is 0 Å². The molecule has 152 valence electrons. The van der Waals surface area contributed by atoms with Gasteiger partial charge in [-0.2, -0.15) is 0 Å². The second-order valence-electron chi connectivity index (χ2n) is 11.8. The minimum Gasteiger partial charge on any atom is -0.458 e. The molecule has 0 aromatic heterocycles. The summed E-state index contributed by atoms with van der Waals surface area (Å²) in [6.45, 7) is 7.43. The van der Waals surface area contributed by atoms with E-state index >= 15 is 0 Å². The Bertz CT molecular complexity index is 807. The van der Waals surface area contributed by atoms with Gasteiger partial charge in [0.2, 0.25) is 0 Å². The highest BCUT2D eigenvalue weighted by Crippen LogP contribution is 2.76. The Labute approximate surface area is 168 Å². The Morgan fingerprint density at radius 2 is 1.79 bits per heavy atom. The maximum atomic E-state index is 12.3. The predicted molar refractivity (Wildman–Crippen MR) is 106 cm³/mol. The second-order valence-corrected chi connectivity index (χ2v) is 11.8. The van der Waals surface area contributed by atoms with Gasteiger partial charge in [0.25, 0.3) is 0 Å². The normalized spacial score (nSPS) is 53.5. The fourth-order valence-corrected chi connectivity index (χ4v) is 9.60. The molecule has 28 heavy (non-hydrogen) atoms. The first-order valence-electron chi connectivity index (χ1n) is 11.7. The van der Waals surface area contributed by atoms with Gasteiger partial charge in [0.15, 0.2) is 5.78 Å². The first kappa shape index (κ1) is 17.7. The molecule has 7 atom stereocenters. The number of esters is 1. The molecule has 0 amide bonds. The summed E-state index contributed by atoms with van der Waals surface area (Å²) in [5, 5.41) is 0. The smallest absolute Gasteiger partial charge is 0.306 e. The lowest BCUT2D eigenvalue weighted by molar-refractivity contribution is -0.176. The van der Waals surface area contributed by atoms with Gasteiger partial charge in [-0.1, -0.05) is 26.3 Å². The molecule has 1 heterocycles. The van der Waals surface area contributed by atoms with Crippen LogP contribution in [0, 0.1) is 39.9 Å². The van der Waals surface area contributed by atoms with E-state index in [2.05, 4.69) is 26.8 Å². The number of hydrogen-bond donors (Lipinski definition) is 0. The average Bonchev–Trinajstić information content (AvgIpc) is 3.20. The van der Waals surface area contributed by atoms with Crippen molar-refractivity contribution < 1.29 is 14.3 Å². The molecule has 0 radical (unpaired) electrons. The Hall–Kier alpha value is -1.12. The molecule has 2 spiro atoms. The van der Waals surface area contributed by atoms with E-state index in [0.29, 0.717) is 35.4 Å². The SMILES string of the molecule is C[C@H]1C[C@@]2(C)C(CCC23CCC(=O)O3)C2CC3(CC3)C3=CC(=O)CC[C@]3(C)C21. The van der Waals surface area contributed by atoms with Gasteiger partial charge in [-0.15, -0.1) is 0 Å². The zero-order valence-electron chi connectivity index (χ0n) is 17.7. The van der Waals surface area contributed by atoms with Crippen molar-refractivity contribution >= 4 is 11.8 Å². The zero-order chi connectivity index (χ0) is 19.5. The summed E-state index contributed by atoms with van der Waals surface area (Å²) in [5.41, 5.74) is 2.01. The van der Waals surface area contributed by atoms with Gasteiger partial charge in [-0.25, -0.2) is 0 Å². The Morgan fingerprint density at radius 1 is 1.00 bits per heavy atom. The van der Waals surface area contributed by atoms with Crippen molar-refractivity contribution in [3.8, 4) is 0 Å². The molecule has 1 aliphatic heterocycles. The van der Waals surface area contributed by atoms with Crippen molar-refractivity contribution in [3.05, 3.63) is 11.6 Å². The zero-order valence-corrected chi connectivity index (χ0v) is 17.7. The van der Waals surface area contributed by atoms with E-state index in [4.69, 9.17) is 4.74 Å². The summed E-state index contributed by atoms with van der Waals surface area (Å²) in [7, 11) is 0. The van der Waals surface area contributed by atoms with Gasteiger partial charge < -0.3 is 4.74 Å². The number of fused-ring (bicyclic) bond motifs is 7. The van der Waals surface area contributed by atoms with Crippen LogP contribution < -0.4 is 0 Å². The summed E-state index contributed by atoms with van der Waals surface area (Å²) < 4.78 is 6.13. The molecule has 0 aromatic rings. The van der Waals surface area contributed by atoms with Crippen LogP contribution in [0.5, 0.6) is 0 Å². The number of allylic oxidation sites excluding steroid dienone is 1. The molecular weight excluding hydrogens is 348 g/mol. The fourth-order valence-electron chi connectivity index (χ4n) is 9.60. The standard InChI is InChI=1S/C25H34O3/c1-15-13-23(3)18(5-8-25(23)9-6-20(27)28-25)17-14-24(10-11-24)19-12-16(26)4-7-22(19,2)21(15)17/h12,15,17-18,21H,4-11,13-14H2,1-3H3/t15-,17?,18?,21?,22-,23-,25?/m0/s1. The van der Waals surface area contributed by atoms with Crippen LogP contribution in [0.3, 0.4) is 0 Å². The molecule has 4 unspecified atom stereocenters. The Kier molecular flexibility index (Phi) is 3.25. The third-order valence-electron chi connectivity index (χ3n) is 10.7. The largest absolute Gasteiger partial charge is 0.458 e. The molecule has 4 saturated carbocycles. The van der Waals surface area contributed by atoms with Crippen LogP contribution in [-0.2, 0) is 14.3 Å². The van der Waals surface area contributed by atoms with Crippen LogP contribution in [0.4, 0.5) is 0 Å². The fraction of sp³-hybridized carbons (Fsp3) is 0.840. The molecule has 5 aliphatic carbocycles. The minimum atomic E-state index is -0.190. The molecule has 3 nitrogen and oxygen atoms in total. The molecule has 6 rings (SSSR count). The first-order valence-corrected chi connectivity index (χ1v) is 11.7. The third kappa shape index (κ3) is 1.92. The topological polar surface area (TPSA) is 43.4 Å². The van der Waals surface area contributed by atoms with Gasteiger partial charge >= 0.3 is 5.97 Å². The van der Waals surface area contributed by atoms with E-state index in [1.54, 1.807) is 0 Å². The van der Waals surface area contributed by atoms with Crippen LogP contribution in [0.25, 0.3) is 0 Å². The highest BCUT2D eigenvalue weighted by Gasteiger charge is 2.71. The highest BCUT2D eigenvalue weighted by molar-refractivity contribution is 5.92. The third-order valence-corrected chi connectivity index (χ3v) is 10.7. The Balaban J connectivity index is 1.45. The van der Waals surface area contributed by atoms with Crippen LogP contribution in [0.1, 0.15) is 85.0 Å². The van der Waals surface area contributed by atoms with E-state index in [1.165, 1.54) is 37.7 Å². The predicted octanol–water partition coefficient (Wildman–Crippen LogP) is 5.23. The first-order chi connectivity index (χ1) is 13.2. The molecular formula is C25H34O3. The van der Waals surface area contributed by atoms with Gasteiger partial charge in [0.1, 0.15) is 5.60 Å². The molecule has 5 fully saturated rings. The number of carbonyl (C=O) groups is 2. The van der Waals surface area contributed by atoms with Crippen LogP contribution >= 0.6 is 0 Å².